The average molecular weight is 204 g/mol. The molecule has 1 aliphatic rings. The molecule has 1 aliphatic heterocycles. The van der Waals surface area contributed by atoms with Gasteiger partial charge in [-0.3, -0.25) is 4.79 Å². The predicted octanol–water partition coefficient (Wildman–Crippen LogP) is 1.12. The topological polar surface area (TPSA) is 32.3 Å². The highest BCUT2D eigenvalue weighted by molar-refractivity contribution is 5.94. The third-order valence-electron chi connectivity index (χ3n) is 2.92. The van der Waals surface area contributed by atoms with E-state index in [1.165, 1.54) is 0 Å². The van der Waals surface area contributed by atoms with Gasteiger partial charge < -0.3 is 10.2 Å². The number of nitrogens with one attached hydrogen (secondary N) is 1. The predicted molar refractivity (Wildman–Crippen MR) is 59.8 cm³/mol. The molecule has 15 heavy (non-hydrogen) atoms. The SMILES string of the molecule is CN(C(=O)c1ccccc1)C1CCNC1. The molecule has 1 fully saturated rings. The molecule has 1 N–H and O–H groups in total. The fourth-order valence-corrected chi connectivity index (χ4v) is 1.92. The van der Waals surface area contributed by atoms with Crippen LogP contribution < -0.4 is 5.32 Å². The Morgan fingerprint density at radius 2 is 2.13 bits per heavy atom. The minimum absolute atomic E-state index is 0.115. The molecular formula is C12H16N2O. The van der Waals surface area contributed by atoms with E-state index in [1.54, 1.807) is 0 Å². The zero-order valence-electron chi connectivity index (χ0n) is 8.94. The molecule has 0 aromatic heterocycles. The molecule has 0 aliphatic carbocycles. The zero-order chi connectivity index (χ0) is 10.7. The molecule has 3 heteroatoms. The first-order valence-corrected chi connectivity index (χ1v) is 5.32. The first-order valence-electron chi connectivity index (χ1n) is 5.32. The number of carbonyl (C=O) groups excluding carboxylic acids is 1. The van der Waals surface area contributed by atoms with Gasteiger partial charge in [0.25, 0.3) is 5.91 Å². The standard InChI is InChI=1S/C12H16N2O/c1-14(11-7-8-13-9-11)12(15)10-5-3-2-4-6-10/h2-6,11,13H,7-9H2,1H3. The van der Waals surface area contributed by atoms with Gasteiger partial charge in [-0.2, -0.15) is 0 Å². The normalized spacial score (nSPS) is 20.2. The lowest BCUT2D eigenvalue weighted by atomic mass is 10.1. The summed E-state index contributed by atoms with van der Waals surface area (Å²) >= 11 is 0. The molecule has 0 spiro atoms. The summed E-state index contributed by atoms with van der Waals surface area (Å²) in [6.07, 6.45) is 1.05. The maximum Gasteiger partial charge on any atom is 0.253 e. The highest BCUT2D eigenvalue weighted by Crippen LogP contribution is 2.10. The van der Waals surface area contributed by atoms with Gasteiger partial charge in [-0.05, 0) is 25.1 Å². The Hall–Kier alpha value is -1.35. The smallest absolute Gasteiger partial charge is 0.253 e. The fourth-order valence-electron chi connectivity index (χ4n) is 1.92. The highest BCUT2D eigenvalue weighted by atomic mass is 16.2. The molecule has 1 heterocycles. The van der Waals surface area contributed by atoms with E-state index >= 15 is 0 Å². The van der Waals surface area contributed by atoms with Gasteiger partial charge in [-0.15, -0.1) is 0 Å². The molecule has 3 nitrogen and oxygen atoms in total. The Balaban J connectivity index is 2.07. The maximum atomic E-state index is 12.0. The third-order valence-corrected chi connectivity index (χ3v) is 2.92. The Labute approximate surface area is 90.1 Å². The quantitative estimate of drug-likeness (QED) is 0.783. The summed E-state index contributed by atoms with van der Waals surface area (Å²) in [7, 11) is 1.88. The van der Waals surface area contributed by atoms with E-state index in [2.05, 4.69) is 5.32 Å². The van der Waals surface area contributed by atoms with Crippen molar-refractivity contribution in [1.82, 2.24) is 10.2 Å². The highest BCUT2D eigenvalue weighted by Gasteiger charge is 2.23. The van der Waals surface area contributed by atoms with Gasteiger partial charge in [0.05, 0.1) is 0 Å². The van der Waals surface area contributed by atoms with E-state index in [4.69, 9.17) is 0 Å². The van der Waals surface area contributed by atoms with Gasteiger partial charge in [-0.1, -0.05) is 18.2 Å². The van der Waals surface area contributed by atoms with Crippen LogP contribution in [0.15, 0.2) is 30.3 Å². The molecule has 2 rings (SSSR count). The second-order valence-electron chi connectivity index (χ2n) is 3.93. The van der Waals surface area contributed by atoms with Crippen molar-refractivity contribution < 1.29 is 4.79 Å². The third kappa shape index (κ3) is 2.18. The van der Waals surface area contributed by atoms with Crippen LogP contribution in [-0.4, -0.2) is 37.0 Å². The second-order valence-corrected chi connectivity index (χ2v) is 3.93. The van der Waals surface area contributed by atoms with Crippen molar-refractivity contribution in [3.63, 3.8) is 0 Å². The lowest BCUT2D eigenvalue weighted by Crippen LogP contribution is -2.38. The van der Waals surface area contributed by atoms with Crippen LogP contribution in [0, 0.1) is 0 Å². The number of amides is 1. The van der Waals surface area contributed by atoms with E-state index in [0.29, 0.717) is 6.04 Å². The molecule has 1 unspecified atom stereocenters. The molecule has 1 aromatic carbocycles. The number of likely N-dealkylation sites (N-methyl/N-ethyl adjacent to an activating group) is 1. The van der Waals surface area contributed by atoms with Crippen molar-refractivity contribution in [3.8, 4) is 0 Å². The van der Waals surface area contributed by atoms with Crippen molar-refractivity contribution in [2.75, 3.05) is 20.1 Å². The van der Waals surface area contributed by atoms with Crippen LogP contribution in [0.3, 0.4) is 0 Å². The first-order chi connectivity index (χ1) is 7.29. The van der Waals surface area contributed by atoms with Gasteiger partial charge in [0.1, 0.15) is 0 Å². The minimum atomic E-state index is 0.115. The van der Waals surface area contributed by atoms with Crippen LogP contribution >= 0.6 is 0 Å². The lowest BCUT2D eigenvalue weighted by molar-refractivity contribution is 0.0744. The van der Waals surface area contributed by atoms with Gasteiger partial charge >= 0.3 is 0 Å². The Kier molecular flexibility index (Phi) is 3.02. The number of carbonyl (C=O) groups is 1. The summed E-state index contributed by atoms with van der Waals surface area (Å²) in [4.78, 5) is 13.9. The Morgan fingerprint density at radius 1 is 1.40 bits per heavy atom. The van der Waals surface area contributed by atoms with Gasteiger partial charge in [0, 0.05) is 25.2 Å². The summed E-state index contributed by atoms with van der Waals surface area (Å²) in [5, 5.41) is 3.27. The molecule has 1 amide bonds. The second kappa shape index (κ2) is 4.45. The first kappa shape index (κ1) is 10.2. The number of hydrogen-bond acceptors (Lipinski definition) is 2. The monoisotopic (exact) mass is 204 g/mol. The van der Waals surface area contributed by atoms with Crippen LogP contribution in [0.1, 0.15) is 16.8 Å². The molecule has 0 saturated carbocycles. The van der Waals surface area contributed by atoms with Gasteiger partial charge in [-0.25, -0.2) is 0 Å². The Morgan fingerprint density at radius 3 is 2.73 bits per heavy atom. The summed E-state index contributed by atoms with van der Waals surface area (Å²) < 4.78 is 0. The fraction of sp³-hybridized carbons (Fsp3) is 0.417. The van der Waals surface area contributed by atoms with Gasteiger partial charge in [0.15, 0.2) is 0 Å². The number of benzene rings is 1. The van der Waals surface area contributed by atoms with E-state index in [9.17, 15) is 4.79 Å². The molecule has 1 saturated heterocycles. The van der Waals surface area contributed by atoms with Crippen LogP contribution in [0.2, 0.25) is 0 Å². The molecule has 0 radical (unpaired) electrons. The van der Waals surface area contributed by atoms with Crippen molar-refractivity contribution in [2.45, 2.75) is 12.5 Å². The Bertz CT molecular complexity index is 331. The largest absolute Gasteiger partial charge is 0.337 e. The molecule has 0 bridgehead atoms. The van der Waals surface area contributed by atoms with Crippen molar-refractivity contribution in [2.24, 2.45) is 0 Å². The van der Waals surface area contributed by atoms with E-state index in [-0.39, 0.29) is 5.91 Å². The van der Waals surface area contributed by atoms with Crippen LogP contribution in [0.25, 0.3) is 0 Å². The van der Waals surface area contributed by atoms with Crippen molar-refractivity contribution in [1.29, 1.82) is 0 Å². The van der Waals surface area contributed by atoms with Gasteiger partial charge in [0.2, 0.25) is 0 Å². The maximum absolute atomic E-state index is 12.0. The summed E-state index contributed by atoms with van der Waals surface area (Å²) in [5.74, 6) is 0.115. The molecule has 1 aromatic rings. The van der Waals surface area contributed by atoms with E-state index in [0.717, 1.165) is 25.1 Å². The number of rotatable bonds is 2. The number of nitrogens with zero attached hydrogens (tertiary/aromatic N) is 1. The summed E-state index contributed by atoms with van der Waals surface area (Å²) in [5.41, 5.74) is 0.770. The van der Waals surface area contributed by atoms with Crippen molar-refractivity contribution >= 4 is 5.91 Å². The zero-order valence-corrected chi connectivity index (χ0v) is 8.94. The minimum Gasteiger partial charge on any atom is -0.337 e. The molecular weight excluding hydrogens is 188 g/mol. The number of hydrogen-bond donors (Lipinski definition) is 1. The summed E-state index contributed by atoms with van der Waals surface area (Å²) in [6, 6.07) is 9.79. The van der Waals surface area contributed by atoms with Crippen molar-refractivity contribution in [3.05, 3.63) is 35.9 Å². The van der Waals surface area contributed by atoms with Crippen LogP contribution in [0.4, 0.5) is 0 Å². The molecule has 80 valence electrons. The van der Waals surface area contributed by atoms with Crippen LogP contribution in [0.5, 0.6) is 0 Å². The average Bonchev–Trinajstić information content (AvgIpc) is 2.82. The van der Waals surface area contributed by atoms with Crippen LogP contribution in [-0.2, 0) is 0 Å². The van der Waals surface area contributed by atoms with E-state index < -0.39 is 0 Å². The summed E-state index contributed by atoms with van der Waals surface area (Å²) in [6.45, 7) is 1.92. The molecule has 1 atom stereocenters. The van der Waals surface area contributed by atoms with E-state index in [1.807, 2.05) is 42.3 Å². The lowest BCUT2D eigenvalue weighted by Gasteiger charge is -2.23.